The Bertz CT molecular complexity index is 543. The largest absolute Gasteiger partial charge is 0.396 e. The molecule has 4 saturated carbocycles. The first kappa shape index (κ1) is 28.1. The summed E-state index contributed by atoms with van der Waals surface area (Å²) in [7, 11) is 0. The number of rotatable bonds is 2. The van der Waals surface area contributed by atoms with E-state index in [1.165, 1.54) is 44.9 Å². The Labute approximate surface area is 200 Å². The van der Waals surface area contributed by atoms with Crippen LogP contribution < -0.4 is 0 Å². The molecule has 32 heavy (non-hydrogen) atoms. The van der Waals surface area contributed by atoms with E-state index in [-0.39, 0.29) is 5.79 Å². The summed E-state index contributed by atoms with van der Waals surface area (Å²) >= 11 is 0. The third-order valence-corrected chi connectivity index (χ3v) is 10.2. The molecule has 3 unspecified atom stereocenters. The summed E-state index contributed by atoms with van der Waals surface area (Å²) in [6.07, 6.45) is 13.0. The first-order valence-electron chi connectivity index (χ1n) is 14.4. The van der Waals surface area contributed by atoms with Crippen LogP contribution in [0.2, 0.25) is 0 Å². The van der Waals surface area contributed by atoms with Crippen LogP contribution in [0.25, 0.3) is 0 Å². The van der Waals surface area contributed by atoms with Crippen LogP contribution in [0.5, 0.6) is 0 Å². The van der Waals surface area contributed by atoms with E-state index in [1.807, 2.05) is 41.5 Å². The lowest BCUT2D eigenvalue weighted by atomic mass is 9.44. The molecule has 0 radical (unpaired) electrons. The highest BCUT2D eigenvalue weighted by Crippen LogP contribution is 2.68. The molecule has 190 valence electrons. The van der Waals surface area contributed by atoms with Gasteiger partial charge in [-0.3, -0.25) is 0 Å². The van der Waals surface area contributed by atoms with Crippen LogP contribution in [0.1, 0.15) is 120 Å². The maximum absolute atomic E-state index is 9.54. The van der Waals surface area contributed by atoms with Gasteiger partial charge in [-0.25, -0.2) is 0 Å². The first-order chi connectivity index (χ1) is 15.5. The predicted octanol–water partition coefficient (Wildman–Crippen LogP) is 7.85. The van der Waals surface area contributed by atoms with Gasteiger partial charge in [-0.1, -0.05) is 55.4 Å². The van der Waals surface area contributed by atoms with Gasteiger partial charge in [-0.05, 0) is 91.8 Å². The maximum atomic E-state index is 9.54. The van der Waals surface area contributed by atoms with Gasteiger partial charge in [-0.2, -0.15) is 0 Å². The van der Waals surface area contributed by atoms with E-state index in [0.717, 1.165) is 62.1 Å². The van der Waals surface area contributed by atoms with E-state index < -0.39 is 0 Å². The van der Waals surface area contributed by atoms with Crippen molar-refractivity contribution in [3.05, 3.63) is 0 Å². The van der Waals surface area contributed by atoms with Crippen LogP contribution in [0.15, 0.2) is 0 Å². The second-order valence-corrected chi connectivity index (χ2v) is 10.8. The SMILES string of the molecule is CC.CC.CC.C[C@]12CCC3[C@@H](CC[C@@H]4CC5(CC[C@]34C)OCCO5)C1CCC2CCO. The van der Waals surface area contributed by atoms with Gasteiger partial charge in [0.25, 0.3) is 0 Å². The summed E-state index contributed by atoms with van der Waals surface area (Å²) in [6, 6.07) is 0. The summed E-state index contributed by atoms with van der Waals surface area (Å²) in [5.41, 5.74) is 1.00. The Kier molecular flexibility index (Phi) is 10.6. The van der Waals surface area contributed by atoms with Crippen LogP contribution in [-0.4, -0.2) is 30.7 Å². The van der Waals surface area contributed by atoms with E-state index in [1.54, 1.807) is 0 Å². The van der Waals surface area contributed by atoms with Crippen molar-refractivity contribution in [2.75, 3.05) is 19.8 Å². The molecule has 3 nitrogen and oxygen atoms in total. The summed E-state index contributed by atoms with van der Waals surface area (Å²) in [5, 5.41) is 9.54. The molecule has 5 fully saturated rings. The third-order valence-electron chi connectivity index (χ3n) is 10.2. The summed E-state index contributed by atoms with van der Waals surface area (Å²) in [5.74, 6) is 4.07. The first-order valence-corrected chi connectivity index (χ1v) is 14.4. The topological polar surface area (TPSA) is 38.7 Å². The lowest BCUT2D eigenvalue weighted by Crippen LogP contribution is -2.56. The Balaban J connectivity index is 0.000000561. The zero-order valence-corrected chi connectivity index (χ0v) is 22.8. The van der Waals surface area contributed by atoms with Crippen LogP contribution in [-0.2, 0) is 9.47 Å². The van der Waals surface area contributed by atoms with Crippen molar-refractivity contribution in [2.45, 2.75) is 125 Å². The second kappa shape index (κ2) is 12.0. The van der Waals surface area contributed by atoms with E-state index >= 15 is 0 Å². The Hall–Kier alpha value is -0.120. The molecular formula is C29H56O3. The van der Waals surface area contributed by atoms with E-state index in [9.17, 15) is 5.11 Å². The average Bonchev–Trinajstić information content (AvgIpc) is 3.43. The van der Waals surface area contributed by atoms with Gasteiger partial charge in [0.2, 0.25) is 0 Å². The van der Waals surface area contributed by atoms with Gasteiger partial charge in [0.15, 0.2) is 5.79 Å². The summed E-state index contributed by atoms with van der Waals surface area (Å²) in [6.45, 7) is 19.2. The zero-order valence-electron chi connectivity index (χ0n) is 22.8. The number of aliphatic hydroxyl groups excluding tert-OH is 1. The number of aliphatic hydroxyl groups is 1. The van der Waals surface area contributed by atoms with Crippen molar-refractivity contribution in [1.29, 1.82) is 0 Å². The Morgan fingerprint density at radius 3 is 1.97 bits per heavy atom. The molecule has 1 N–H and O–H groups in total. The standard InChI is InChI=1S/C23H38O3.3C2H6/c1-21-9-7-20-18(19(21)6-4-16(21)8-12-24)5-3-17-15-23(25-13-14-26-23)11-10-22(17,20)2;3*1-2/h16-20,24H,3-15H2,1-2H3;3*1-2H3/t16?,17-,18+,19?,20?,21-,22+;;;/m1.../s1. The summed E-state index contributed by atoms with van der Waals surface area (Å²) < 4.78 is 12.2. The van der Waals surface area contributed by atoms with Crippen LogP contribution in [0.4, 0.5) is 0 Å². The molecule has 5 aliphatic rings. The molecule has 0 aromatic carbocycles. The van der Waals surface area contributed by atoms with Gasteiger partial charge in [0.1, 0.15) is 0 Å². The quantitative estimate of drug-likeness (QED) is 0.463. The van der Waals surface area contributed by atoms with Gasteiger partial charge in [0.05, 0.1) is 13.2 Å². The predicted molar refractivity (Wildman–Crippen MR) is 136 cm³/mol. The average molecular weight is 453 g/mol. The molecule has 1 spiro atoms. The normalized spacial score (nSPS) is 43.2. The molecular weight excluding hydrogens is 396 g/mol. The molecule has 4 aliphatic carbocycles. The molecule has 7 atom stereocenters. The molecule has 1 aliphatic heterocycles. The highest BCUT2D eigenvalue weighted by Gasteiger charge is 2.61. The van der Waals surface area contributed by atoms with Crippen molar-refractivity contribution in [3.8, 4) is 0 Å². The van der Waals surface area contributed by atoms with Crippen molar-refractivity contribution < 1.29 is 14.6 Å². The fourth-order valence-corrected chi connectivity index (χ4v) is 8.69. The molecule has 1 saturated heterocycles. The Morgan fingerprint density at radius 2 is 1.34 bits per heavy atom. The molecule has 0 aromatic rings. The molecule has 0 amide bonds. The van der Waals surface area contributed by atoms with Crippen LogP contribution >= 0.6 is 0 Å². The van der Waals surface area contributed by atoms with E-state index in [4.69, 9.17) is 9.47 Å². The fraction of sp³-hybridized carbons (Fsp3) is 1.00. The molecule has 0 aromatic heterocycles. The highest BCUT2D eigenvalue weighted by atomic mass is 16.7. The van der Waals surface area contributed by atoms with Gasteiger partial charge in [0, 0.05) is 19.4 Å². The number of ether oxygens (including phenoxy) is 2. The van der Waals surface area contributed by atoms with E-state index in [0.29, 0.717) is 17.4 Å². The van der Waals surface area contributed by atoms with Crippen molar-refractivity contribution >= 4 is 0 Å². The van der Waals surface area contributed by atoms with Gasteiger partial charge in [-0.15, -0.1) is 0 Å². The van der Waals surface area contributed by atoms with Crippen molar-refractivity contribution in [2.24, 2.45) is 40.4 Å². The van der Waals surface area contributed by atoms with Crippen LogP contribution in [0.3, 0.4) is 0 Å². The molecule has 5 rings (SSSR count). The minimum atomic E-state index is -0.222. The van der Waals surface area contributed by atoms with Crippen LogP contribution in [0, 0.1) is 40.4 Å². The molecule has 1 heterocycles. The number of fused-ring (bicyclic) bond motifs is 5. The number of hydrogen-bond acceptors (Lipinski definition) is 3. The zero-order chi connectivity index (χ0) is 24.0. The highest BCUT2D eigenvalue weighted by molar-refractivity contribution is 5.10. The smallest absolute Gasteiger partial charge is 0.168 e. The van der Waals surface area contributed by atoms with E-state index in [2.05, 4.69) is 13.8 Å². The molecule has 0 bridgehead atoms. The number of hydrogen-bond donors (Lipinski definition) is 1. The van der Waals surface area contributed by atoms with Gasteiger partial charge < -0.3 is 14.6 Å². The minimum absolute atomic E-state index is 0.222. The summed E-state index contributed by atoms with van der Waals surface area (Å²) in [4.78, 5) is 0. The Morgan fingerprint density at radius 1 is 0.719 bits per heavy atom. The second-order valence-electron chi connectivity index (χ2n) is 10.8. The lowest BCUT2D eigenvalue weighted by molar-refractivity contribution is -0.229. The van der Waals surface area contributed by atoms with Crippen molar-refractivity contribution in [1.82, 2.24) is 0 Å². The fourth-order valence-electron chi connectivity index (χ4n) is 8.69. The van der Waals surface area contributed by atoms with Crippen molar-refractivity contribution in [3.63, 3.8) is 0 Å². The molecule has 3 heteroatoms. The lowest BCUT2D eigenvalue weighted by Gasteiger charge is -2.62. The minimum Gasteiger partial charge on any atom is -0.396 e. The monoisotopic (exact) mass is 452 g/mol. The maximum Gasteiger partial charge on any atom is 0.168 e. The third kappa shape index (κ3) is 4.82. The van der Waals surface area contributed by atoms with Gasteiger partial charge >= 0.3 is 0 Å².